The van der Waals surface area contributed by atoms with Crippen LogP contribution in [0.1, 0.15) is 33.1 Å². The first kappa shape index (κ1) is 10.9. The maximum atomic E-state index is 4.60. The van der Waals surface area contributed by atoms with Gasteiger partial charge in [-0.05, 0) is 18.9 Å². The third kappa shape index (κ3) is 2.16. The van der Waals surface area contributed by atoms with Crippen LogP contribution in [0.15, 0.2) is 36.5 Å². The van der Waals surface area contributed by atoms with Crippen molar-refractivity contribution in [3.63, 3.8) is 0 Å². The van der Waals surface area contributed by atoms with Gasteiger partial charge in [0.2, 0.25) is 0 Å². The highest BCUT2D eigenvalue weighted by Gasteiger charge is 2.03. The van der Waals surface area contributed by atoms with Gasteiger partial charge >= 0.3 is 0 Å². The first-order chi connectivity index (χ1) is 7.85. The van der Waals surface area contributed by atoms with Gasteiger partial charge in [0.25, 0.3) is 0 Å². The van der Waals surface area contributed by atoms with Crippen LogP contribution in [0, 0.1) is 0 Å². The van der Waals surface area contributed by atoms with Gasteiger partial charge in [-0.15, -0.1) is 0 Å². The molecule has 2 heteroatoms. The molecule has 84 valence electrons. The first-order valence-corrected chi connectivity index (χ1v) is 5.99. The quantitative estimate of drug-likeness (QED) is 0.749. The summed E-state index contributed by atoms with van der Waals surface area (Å²) in [6.07, 6.45) is 7.68. The Morgan fingerprint density at radius 1 is 1.31 bits per heavy atom. The Morgan fingerprint density at radius 2 is 2.12 bits per heavy atom. The number of hydrogen-bond donors (Lipinski definition) is 0. The Labute approximate surface area is 96.6 Å². The number of benzene rings is 1. The van der Waals surface area contributed by atoms with Crippen molar-refractivity contribution in [1.82, 2.24) is 9.78 Å². The molecule has 0 amide bonds. The van der Waals surface area contributed by atoms with E-state index in [0.29, 0.717) is 0 Å². The molecule has 0 fully saturated rings. The van der Waals surface area contributed by atoms with Crippen molar-refractivity contribution in [2.45, 2.75) is 33.1 Å². The first-order valence-electron chi connectivity index (χ1n) is 5.99. The normalized spacial score (nSPS) is 12.2. The molecule has 1 heterocycles. The predicted molar refractivity (Wildman–Crippen MR) is 69.2 cm³/mol. The molecule has 0 N–H and O–H groups in total. The summed E-state index contributed by atoms with van der Waals surface area (Å²) in [6.45, 7) is 4.37. The van der Waals surface area contributed by atoms with Gasteiger partial charge in [0, 0.05) is 17.3 Å². The minimum absolute atomic E-state index is 1.06. The Kier molecular flexibility index (Phi) is 3.40. The summed E-state index contributed by atoms with van der Waals surface area (Å²) in [5.74, 6) is 0. The molecule has 2 aromatic rings. The Morgan fingerprint density at radius 3 is 2.81 bits per heavy atom. The van der Waals surface area contributed by atoms with Crippen LogP contribution in [0.5, 0.6) is 0 Å². The van der Waals surface area contributed by atoms with E-state index in [2.05, 4.69) is 49.4 Å². The molecular weight excluding hydrogens is 196 g/mol. The molecule has 0 saturated heterocycles. The Bertz CT molecular complexity index is 461. The maximum absolute atomic E-state index is 4.60. The van der Waals surface area contributed by atoms with Crippen molar-refractivity contribution in [2.75, 3.05) is 0 Å². The van der Waals surface area contributed by atoms with Gasteiger partial charge < -0.3 is 0 Å². The van der Waals surface area contributed by atoms with Gasteiger partial charge in [0.1, 0.15) is 0 Å². The summed E-state index contributed by atoms with van der Waals surface area (Å²) in [5.41, 5.74) is 2.38. The lowest BCUT2D eigenvalue weighted by molar-refractivity contribution is 0.827. The van der Waals surface area contributed by atoms with Crippen molar-refractivity contribution in [2.24, 2.45) is 0 Å². The molecule has 16 heavy (non-hydrogen) atoms. The molecule has 0 bridgehead atoms. The number of aromatic nitrogens is 2. The number of hydrogen-bond acceptors (Lipinski definition) is 1. The molecule has 0 aliphatic rings. The van der Waals surface area contributed by atoms with Crippen LogP contribution in [0.3, 0.4) is 0 Å². The van der Waals surface area contributed by atoms with E-state index in [9.17, 15) is 0 Å². The van der Waals surface area contributed by atoms with E-state index in [1.807, 2.05) is 10.7 Å². The molecule has 0 atom stereocenters. The predicted octanol–water partition coefficient (Wildman–Crippen LogP) is 4.09. The van der Waals surface area contributed by atoms with Crippen LogP contribution in [-0.4, -0.2) is 9.78 Å². The average molecular weight is 214 g/mol. The number of fused-ring (bicyclic) bond motifs is 1. The van der Waals surface area contributed by atoms with Crippen molar-refractivity contribution in [3.8, 4) is 0 Å². The number of allylic oxidation sites excluding steroid dienone is 2. The number of nitrogens with zero attached hydrogens (tertiary/aromatic N) is 2. The molecule has 0 unspecified atom stereocenters. The fourth-order valence-electron chi connectivity index (χ4n) is 1.91. The lowest BCUT2D eigenvalue weighted by atomic mass is 10.2. The Balaban J connectivity index is 2.41. The minimum Gasteiger partial charge on any atom is -0.244 e. The van der Waals surface area contributed by atoms with Gasteiger partial charge in [0.05, 0.1) is 5.52 Å². The van der Waals surface area contributed by atoms with Crippen LogP contribution in [0.2, 0.25) is 0 Å². The summed E-state index contributed by atoms with van der Waals surface area (Å²) in [6, 6.07) is 8.25. The standard InChI is InChI=1S/C14H18N2/c1-3-7-13(8-4-2)16-11-12-9-5-6-10-14(12)15-16/h5-7,9-11H,3-4,8H2,1-2H3. The number of rotatable bonds is 4. The van der Waals surface area contributed by atoms with Crippen molar-refractivity contribution in [1.29, 1.82) is 0 Å². The van der Waals surface area contributed by atoms with E-state index in [0.717, 1.165) is 24.8 Å². The smallest absolute Gasteiger partial charge is 0.0927 e. The summed E-state index contributed by atoms with van der Waals surface area (Å²) in [7, 11) is 0. The maximum Gasteiger partial charge on any atom is 0.0927 e. The van der Waals surface area contributed by atoms with Crippen LogP contribution in [0.25, 0.3) is 16.6 Å². The van der Waals surface area contributed by atoms with E-state index in [4.69, 9.17) is 0 Å². The largest absolute Gasteiger partial charge is 0.244 e. The highest BCUT2D eigenvalue weighted by atomic mass is 15.3. The van der Waals surface area contributed by atoms with Gasteiger partial charge in [-0.25, -0.2) is 4.68 Å². The average Bonchev–Trinajstić information content (AvgIpc) is 2.72. The van der Waals surface area contributed by atoms with Crippen molar-refractivity contribution >= 4 is 16.6 Å². The van der Waals surface area contributed by atoms with Crippen LogP contribution in [-0.2, 0) is 0 Å². The van der Waals surface area contributed by atoms with E-state index < -0.39 is 0 Å². The van der Waals surface area contributed by atoms with Crippen molar-refractivity contribution in [3.05, 3.63) is 36.5 Å². The lowest BCUT2D eigenvalue weighted by Gasteiger charge is -2.05. The van der Waals surface area contributed by atoms with Gasteiger partial charge in [0.15, 0.2) is 0 Å². The monoisotopic (exact) mass is 214 g/mol. The topological polar surface area (TPSA) is 17.8 Å². The molecule has 2 nitrogen and oxygen atoms in total. The van der Waals surface area contributed by atoms with E-state index >= 15 is 0 Å². The summed E-state index contributed by atoms with van der Waals surface area (Å²) in [5, 5.41) is 5.81. The second-order valence-corrected chi connectivity index (χ2v) is 3.99. The SMILES string of the molecule is CCC=C(CCC)n1cc2ccccc2n1. The van der Waals surface area contributed by atoms with E-state index in [1.165, 1.54) is 11.1 Å². The zero-order valence-corrected chi connectivity index (χ0v) is 9.98. The summed E-state index contributed by atoms with van der Waals surface area (Å²) < 4.78 is 2.03. The van der Waals surface area contributed by atoms with Gasteiger partial charge in [-0.2, -0.15) is 5.10 Å². The molecule has 0 aliphatic heterocycles. The van der Waals surface area contributed by atoms with E-state index in [1.54, 1.807) is 0 Å². The van der Waals surface area contributed by atoms with Gasteiger partial charge in [-0.3, -0.25) is 0 Å². The fourth-order valence-corrected chi connectivity index (χ4v) is 1.91. The van der Waals surface area contributed by atoms with Crippen LogP contribution < -0.4 is 0 Å². The third-order valence-corrected chi connectivity index (χ3v) is 2.65. The molecule has 0 spiro atoms. The molecule has 2 rings (SSSR count). The molecule has 0 aliphatic carbocycles. The molecule has 0 saturated carbocycles. The third-order valence-electron chi connectivity index (χ3n) is 2.65. The van der Waals surface area contributed by atoms with Crippen LogP contribution in [0.4, 0.5) is 0 Å². The highest BCUT2D eigenvalue weighted by Crippen LogP contribution is 2.17. The summed E-state index contributed by atoms with van der Waals surface area (Å²) in [4.78, 5) is 0. The van der Waals surface area contributed by atoms with Gasteiger partial charge in [-0.1, -0.05) is 44.5 Å². The van der Waals surface area contributed by atoms with E-state index in [-0.39, 0.29) is 0 Å². The molecule has 1 aromatic carbocycles. The summed E-state index contributed by atoms with van der Waals surface area (Å²) >= 11 is 0. The molecule has 0 radical (unpaired) electrons. The zero-order valence-electron chi connectivity index (χ0n) is 9.98. The highest BCUT2D eigenvalue weighted by molar-refractivity contribution is 5.78. The second kappa shape index (κ2) is 4.97. The zero-order chi connectivity index (χ0) is 11.4. The van der Waals surface area contributed by atoms with Crippen LogP contribution >= 0.6 is 0 Å². The molecular formula is C14H18N2. The minimum atomic E-state index is 1.06. The Hall–Kier alpha value is -1.57. The fraction of sp³-hybridized carbons (Fsp3) is 0.357. The van der Waals surface area contributed by atoms with Crippen molar-refractivity contribution < 1.29 is 0 Å². The second-order valence-electron chi connectivity index (χ2n) is 3.99. The molecule has 1 aromatic heterocycles. The lowest BCUT2D eigenvalue weighted by Crippen LogP contribution is -1.97.